The fourth-order valence-electron chi connectivity index (χ4n) is 4.56. The van der Waals surface area contributed by atoms with Gasteiger partial charge >= 0.3 is 0 Å². The van der Waals surface area contributed by atoms with Crippen LogP contribution in [0.5, 0.6) is 0 Å². The van der Waals surface area contributed by atoms with Crippen molar-refractivity contribution in [1.82, 2.24) is 5.01 Å². The van der Waals surface area contributed by atoms with E-state index >= 15 is 0 Å². The molecule has 1 aliphatic heterocycles. The van der Waals surface area contributed by atoms with Crippen molar-refractivity contribution < 1.29 is 4.79 Å². The second kappa shape index (κ2) is 7.56. The van der Waals surface area contributed by atoms with Gasteiger partial charge in [-0.15, -0.1) is 0 Å². The van der Waals surface area contributed by atoms with Crippen LogP contribution < -0.4 is 10.7 Å². The Labute approximate surface area is 155 Å². The van der Waals surface area contributed by atoms with Gasteiger partial charge in [0.2, 0.25) is 5.91 Å². The lowest BCUT2D eigenvalue weighted by atomic mass is 10.0. The molecule has 1 saturated carbocycles. The monoisotopic (exact) mass is 351 g/mol. The first-order valence-corrected chi connectivity index (χ1v) is 10.1. The summed E-state index contributed by atoms with van der Waals surface area (Å²) in [6.45, 7) is 1.71. The summed E-state index contributed by atoms with van der Waals surface area (Å²) in [4.78, 5) is 13.0. The van der Waals surface area contributed by atoms with E-state index in [0.717, 1.165) is 60.4 Å². The van der Waals surface area contributed by atoms with E-state index in [9.17, 15) is 4.79 Å². The third-order valence-corrected chi connectivity index (χ3v) is 6.02. The van der Waals surface area contributed by atoms with Crippen LogP contribution >= 0.6 is 0 Å². The molecule has 2 N–H and O–H groups in total. The summed E-state index contributed by atoms with van der Waals surface area (Å²) in [5, 5.41) is 6.38. The molecule has 0 unspecified atom stereocenters. The average Bonchev–Trinajstić information content (AvgIpc) is 3.20. The highest BCUT2D eigenvalue weighted by molar-refractivity contribution is 6.01. The van der Waals surface area contributed by atoms with E-state index in [0.29, 0.717) is 6.42 Å². The van der Waals surface area contributed by atoms with Gasteiger partial charge in [-0.1, -0.05) is 49.9 Å². The van der Waals surface area contributed by atoms with Crippen molar-refractivity contribution in [2.75, 3.05) is 23.8 Å². The highest BCUT2D eigenvalue weighted by atomic mass is 16.2. The van der Waals surface area contributed by atoms with Crippen LogP contribution in [-0.2, 0) is 4.79 Å². The van der Waals surface area contributed by atoms with Crippen LogP contribution in [0, 0.1) is 5.92 Å². The Bertz CT molecular complexity index is 782. The van der Waals surface area contributed by atoms with E-state index in [1.54, 1.807) is 0 Å². The van der Waals surface area contributed by atoms with E-state index < -0.39 is 0 Å². The molecule has 0 radical (unpaired) electrons. The molecule has 1 saturated heterocycles. The predicted molar refractivity (Wildman–Crippen MR) is 108 cm³/mol. The topological polar surface area (TPSA) is 49.6 Å². The summed E-state index contributed by atoms with van der Waals surface area (Å²) in [7, 11) is 0. The third-order valence-electron chi connectivity index (χ3n) is 6.02. The molecule has 1 aliphatic carbocycles. The van der Waals surface area contributed by atoms with Crippen LogP contribution in [0.3, 0.4) is 0 Å². The molecule has 2 fully saturated rings. The number of nitrogens with zero attached hydrogens (tertiary/aromatic N) is 2. The number of hydrazine groups is 1. The molecule has 0 spiro atoms. The normalized spacial score (nSPS) is 18.6. The molecule has 0 bridgehead atoms. The summed E-state index contributed by atoms with van der Waals surface area (Å²) < 4.78 is 0. The molecule has 4 heteroatoms. The van der Waals surface area contributed by atoms with Crippen molar-refractivity contribution in [2.45, 2.75) is 51.4 Å². The van der Waals surface area contributed by atoms with E-state index in [-0.39, 0.29) is 5.91 Å². The molecule has 138 valence electrons. The van der Waals surface area contributed by atoms with E-state index in [1.807, 2.05) is 23.2 Å². The minimum Gasteiger partial charge on any atom is -0.398 e. The zero-order chi connectivity index (χ0) is 17.9. The first-order valence-electron chi connectivity index (χ1n) is 10.1. The molecule has 0 atom stereocenters. The van der Waals surface area contributed by atoms with Gasteiger partial charge in [0.1, 0.15) is 0 Å². The zero-order valence-electron chi connectivity index (χ0n) is 15.5. The van der Waals surface area contributed by atoms with Gasteiger partial charge in [0.05, 0.1) is 5.69 Å². The molecule has 2 aromatic rings. The number of hydrogen-bond donors (Lipinski definition) is 1. The highest BCUT2D eigenvalue weighted by Crippen LogP contribution is 2.34. The number of nitrogen functional groups attached to an aromatic ring is 1. The van der Waals surface area contributed by atoms with Crippen LogP contribution in [0.4, 0.5) is 11.4 Å². The van der Waals surface area contributed by atoms with Crippen molar-refractivity contribution in [1.29, 1.82) is 0 Å². The minimum atomic E-state index is 0.275. The maximum absolute atomic E-state index is 13.0. The highest BCUT2D eigenvalue weighted by Gasteiger charge is 2.27. The molecule has 2 aliphatic rings. The van der Waals surface area contributed by atoms with Crippen molar-refractivity contribution in [2.24, 2.45) is 5.92 Å². The van der Waals surface area contributed by atoms with Crippen molar-refractivity contribution in [3.8, 4) is 0 Å². The van der Waals surface area contributed by atoms with E-state index in [1.165, 1.54) is 25.7 Å². The van der Waals surface area contributed by atoms with Crippen LogP contribution in [0.1, 0.15) is 51.4 Å². The fraction of sp³-hybridized carbons (Fsp3) is 0.500. The average molecular weight is 351 g/mol. The predicted octanol–water partition coefficient (Wildman–Crippen LogP) is 4.74. The van der Waals surface area contributed by atoms with Gasteiger partial charge in [0, 0.05) is 36.0 Å². The SMILES string of the molecule is Nc1ccc(N2CCCCN2C(=O)CCC2CCCC2)c2ccccc12. The van der Waals surface area contributed by atoms with E-state index in [4.69, 9.17) is 5.73 Å². The Morgan fingerprint density at radius 3 is 2.50 bits per heavy atom. The first kappa shape index (κ1) is 17.2. The number of benzene rings is 2. The third kappa shape index (κ3) is 3.37. The summed E-state index contributed by atoms with van der Waals surface area (Å²) in [5.41, 5.74) is 8.06. The Hall–Kier alpha value is -2.23. The standard InChI is InChI=1S/C22H29N3O/c23-20-12-13-21(19-10-4-3-9-18(19)20)24-15-5-6-16-25(24)22(26)14-11-17-7-1-2-8-17/h3-4,9-10,12-13,17H,1-2,5-8,11,14-16,23H2. The number of amides is 1. The number of anilines is 2. The van der Waals surface area contributed by atoms with Gasteiger partial charge in [-0.25, -0.2) is 0 Å². The second-order valence-electron chi connectivity index (χ2n) is 7.76. The first-order chi connectivity index (χ1) is 12.7. The smallest absolute Gasteiger partial charge is 0.241 e. The van der Waals surface area contributed by atoms with Gasteiger partial charge in [-0.3, -0.25) is 14.8 Å². The number of nitrogens with two attached hydrogens (primary N) is 1. The van der Waals surface area contributed by atoms with Crippen LogP contribution in [0.25, 0.3) is 10.8 Å². The van der Waals surface area contributed by atoms with Gasteiger partial charge in [0.15, 0.2) is 0 Å². The van der Waals surface area contributed by atoms with Crippen LogP contribution in [-0.4, -0.2) is 24.0 Å². The lowest BCUT2D eigenvalue weighted by Gasteiger charge is -2.41. The summed E-state index contributed by atoms with van der Waals surface area (Å²) >= 11 is 0. The second-order valence-corrected chi connectivity index (χ2v) is 7.76. The minimum absolute atomic E-state index is 0.275. The van der Waals surface area contributed by atoms with Gasteiger partial charge in [-0.05, 0) is 37.3 Å². The zero-order valence-corrected chi connectivity index (χ0v) is 15.5. The maximum Gasteiger partial charge on any atom is 0.241 e. The van der Waals surface area contributed by atoms with Gasteiger partial charge < -0.3 is 5.73 Å². The maximum atomic E-state index is 13.0. The molecule has 4 rings (SSSR count). The molecular formula is C22H29N3O. The Kier molecular flexibility index (Phi) is 5.00. The van der Waals surface area contributed by atoms with E-state index in [2.05, 4.69) is 23.2 Å². The van der Waals surface area contributed by atoms with Crippen molar-refractivity contribution >= 4 is 28.1 Å². The largest absolute Gasteiger partial charge is 0.398 e. The molecule has 2 aromatic carbocycles. The number of rotatable bonds is 4. The lowest BCUT2D eigenvalue weighted by molar-refractivity contribution is -0.133. The number of hydrogen-bond acceptors (Lipinski definition) is 3. The fourth-order valence-corrected chi connectivity index (χ4v) is 4.56. The molecule has 4 nitrogen and oxygen atoms in total. The molecular weight excluding hydrogens is 322 g/mol. The van der Waals surface area contributed by atoms with Gasteiger partial charge in [0.25, 0.3) is 0 Å². The molecule has 0 aromatic heterocycles. The van der Waals surface area contributed by atoms with Crippen LogP contribution in [0.15, 0.2) is 36.4 Å². The summed E-state index contributed by atoms with van der Waals surface area (Å²) in [6.07, 6.45) is 9.21. The molecule has 1 amide bonds. The quantitative estimate of drug-likeness (QED) is 0.810. The van der Waals surface area contributed by atoms with Crippen molar-refractivity contribution in [3.05, 3.63) is 36.4 Å². The van der Waals surface area contributed by atoms with Crippen LogP contribution in [0.2, 0.25) is 0 Å². The number of fused-ring (bicyclic) bond motifs is 1. The summed E-state index contributed by atoms with van der Waals surface area (Å²) in [5.74, 6) is 1.03. The number of carbonyl (C=O) groups excluding carboxylic acids is 1. The summed E-state index contributed by atoms with van der Waals surface area (Å²) in [6, 6.07) is 12.3. The number of carbonyl (C=O) groups is 1. The van der Waals surface area contributed by atoms with Gasteiger partial charge in [-0.2, -0.15) is 0 Å². The Morgan fingerprint density at radius 1 is 0.962 bits per heavy atom. The molecule has 26 heavy (non-hydrogen) atoms. The van der Waals surface area contributed by atoms with Crippen molar-refractivity contribution in [3.63, 3.8) is 0 Å². The Morgan fingerprint density at radius 2 is 1.69 bits per heavy atom. The lowest BCUT2D eigenvalue weighted by Crippen LogP contribution is -2.50. The Balaban J connectivity index is 1.57. The molecule has 1 heterocycles.